The van der Waals surface area contributed by atoms with Crippen molar-refractivity contribution in [2.45, 2.75) is 13.8 Å². The van der Waals surface area contributed by atoms with Crippen LogP contribution in [0.15, 0.2) is 0 Å². The maximum atomic E-state index is 10.5. The van der Waals surface area contributed by atoms with E-state index < -0.39 is 0 Å². The van der Waals surface area contributed by atoms with Crippen molar-refractivity contribution >= 4 is 17.7 Å². The molecule has 1 amide bonds. The van der Waals surface area contributed by atoms with Gasteiger partial charge in [-0.1, -0.05) is 13.8 Å². The van der Waals surface area contributed by atoms with Crippen LogP contribution in [0.3, 0.4) is 0 Å². The van der Waals surface area contributed by atoms with Gasteiger partial charge in [0.25, 0.3) is 0 Å². The van der Waals surface area contributed by atoms with Gasteiger partial charge in [0.15, 0.2) is 0 Å². The fourth-order valence-electron chi connectivity index (χ4n) is 0.452. The molecule has 0 spiro atoms. The third-order valence-corrected chi connectivity index (χ3v) is 1.96. The average molecular weight is 147 g/mol. The zero-order valence-corrected chi connectivity index (χ0v) is 6.99. The largest absolute Gasteiger partial charge is 0.336 e. The molecule has 1 saturated heterocycles. The molecule has 9 heavy (non-hydrogen) atoms. The topological polar surface area (TPSA) is 20.3 Å². The zero-order valence-electron chi connectivity index (χ0n) is 6.18. The van der Waals surface area contributed by atoms with Crippen LogP contribution in [0.4, 0.5) is 0 Å². The minimum Gasteiger partial charge on any atom is -0.336 e. The summed E-state index contributed by atoms with van der Waals surface area (Å²) in [5.41, 5.74) is 0. The Morgan fingerprint density at radius 3 is 2.22 bits per heavy atom. The minimum absolute atomic E-state index is 0.255. The van der Waals surface area contributed by atoms with Gasteiger partial charge < -0.3 is 4.90 Å². The molecule has 3 heteroatoms. The second kappa shape index (κ2) is 4.68. The molecule has 0 saturated carbocycles. The number of hydrogen-bond acceptors (Lipinski definition) is 2. The van der Waals surface area contributed by atoms with Crippen LogP contribution in [0.2, 0.25) is 0 Å². The second-order valence-electron chi connectivity index (χ2n) is 1.57. The third kappa shape index (κ3) is 2.75. The van der Waals surface area contributed by atoms with E-state index in [1.807, 2.05) is 20.9 Å². The zero-order chi connectivity index (χ0) is 7.28. The molecule has 1 rings (SSSR count). The van der Waals surface area contributed by atoms with Crippen molar-refractivity contribution in [2.24, 2.45) is 0 Å². The van der Waals surface area contributed by atoms with Gasteiger partial charge in [-0.25, -0.2) is 0 Å². The maximum Gasteiger partial charge on any atom is 0.233 e. The molecule has 0 atom stereocenters. The predicted octanol–water partition coefficient (Wildman–Crippen LogP) is 1.18. The van der Waals surface area contributed by atoms with E-state index in [2.05, 4.69) is 0 Å². The van der Waals surface area contributed by atoms with Crippen LogP contribution in [0.25, 0.3) is 0 Å². The number of carbonyl (C=O) groups is 1. The number of rotatable bonds is 0. The standard InChI is InChI=1S/C4H7NOS.C2H6/c1-5-3-7-2-4(5)6;1-2/h2-3H2,1H3;1-2H3. The van der Waals surface area contributed by atoms with Gasteiger partial charge in [0.2, 0.25) is 5.91 Å². The molecule has 0 aromatic rings. The number of nitrogens with zero attached hydrogens (tertiary/aromatic N) is 1. The van der Waals surface area contributed by atoms with E-state index in [9.17, 15) is 4.79 Å². The normalized spacial score (nSPS) is 17.2. The second-order valence-corrected chi connectivity index (χ2v) is 2.52. The van der Waals surface area contributed by atoms with Gasteiger partial charge in [0.05, 0.1) is 11.6 Å². The molecule has 1 fully saturated rings. The quantitative estimate of drug-likeness (QED) is 0.512. The first-order valence-electron chi connectivity index (χ1n) is 3.12. The first-order chi connectivity index (χ1) is 4.30. The number of carbonyl (C=O) groups excluding carboxylic acids is 1. The van der Waals surface area contributed by atoms with Crippen LogP contribution in [0.1, 0.15) is 13.8 Å². The molecule has 1 aliphatic rings. The summed E-state index contributed by atoms with van der Waals surface area (Å²) in [6.45, 7) is 4.00. The van der Waals surface area contributed by atoms with Crippen LogP contribution >= 0.6 is 11.8 Å². The molecule has 1 heterocycles. The fourth-order valence-corrected chi connectivity index (χ4v) is 1.36. The molecule has 0 unspecified atom stereocenters. The minimum atomic E-state index is 0.255. The number of hydrogen-bond donors (Lipinski definition) is 0. The Bertz CT molecular complexity index is 95.1. The summed E-state index contributed by atoms with van der Waals surface area (Å²) in [4.78, 5) is 12.2. The molecule has 0 aromatic carbocycles. The van der Waals surface area contributed by atoms with Gasteiger partial charge in [0.1, 0.15) is 0 Å². The first kappa shape index (κ1) is 8.82. The molecule has 54 valence electrons. The molecule has 1 aliphatic heterocycles. The van der Waals surface area contributed by atoms with Crippen LogP contribution < -0.4 is 0 Å². The van der Waals surface area contributed by atoms with E-state index in [0.29, 0.717) is 5.75 Å². The Morgan fingerprint density at radius 2 is 2.11 bits per heavy atom. The molecule has 0 aliphatic carbocycles. The molecule has 0 aromatic heterocycles. The Hall–Kier alpha value is -0.180. The summed E-state index contributed by atoms with van der Waals surface area (Å²) < 4.78 is 0. The lowest BCUT2D eigenvalue weighted by atomic mass is 10.6. The van der Waals surface area contributed by atoms with Crippen molar-refractivity contribution in [2.75, 3.05) is 18.7 Å². The highest BCUT2D eigenvalue weighted by Crippen LogP contribution is 2.11. The highest BCUT2D eigenvalue weighted by Gasteiger charge is 2.14. The lowest BCUT2D eigenvalue weighted by molar-refractivity contribution is -0.125. The van der Waals surface area contributed by atoms with Crippen molar-refractivity contribution in [3.05, 3.63) is 0 Å². The highest BCUT2D eigenvalue weighted by atomic mass is 32.2. The van der Waals surface area contributed by atoms with Crippen molar-refractivity contribution in [3.8, 4) is 0 Å². The van der Waals surface area contributed by atoms with Crippen LogP contribution in [-0.2, 0) is 4.79 Å². The molecular formula is C6H13NOS. The van der Waals surface area contributed by atoms with E-state index in [0.717, 1.165) is 5.88 Å². The monoisotopic (exact) mass is 147 g/mol. The Kier molecular flexibility index (Phi) is 4.58. The van der Waals surface area contributed by atoms with E-state index in [-0.39, 0.29) is 5.91 Å². The SMILES string of the molecule is CC.CN1CSCC1=O. The van der Waals surface area contributed by atoms with Crippen molar-refractivity contribution in [1.29, 1.82) is 0 Å². The predicted molar refractivity (Wildman–Crippen MR) is 41.4 cm³/mol. The molecular weight excluding hydrogens is 134 g/mol. The first-order valence-corrected chi connectivity index (χ1v) is 4.28. The summed E-state index contributed by atoms with van der Waals surface area (Å²) in [5.74, 6) is 1.81. The van der Waals surface area contributed by atoms with Crippen LogP contribution in [0, 0.1) is 0 Å². The lowest BCUT2D eigenvalue weighted by Gasteiger charge is -2.01. The molecule has 2 nitrogen and oxygen atoms in total. The Balaban J connectivity index is 0.000000291. The van der Waals surface area contributed by atoms with Crippen molar-refractivity contribution < 1.29 is 4.79 Å². The van der Waals surface area contributed by atoms with Gasteiger partial charge >= 0.3 is 0 Å². The number of amides is 1. The Labute approximate surface area is 60.6 Å². The lowest BCUT2D eigenvalue weighted by Crippen LogP contribution is -2.19. The summed E-state index contributed by atoms with van der Waals surface area (Å²) in [6.07, 6.45) is 0. The molecule has 0 bridgehead atoms. The van der Waals surface area contributed by atoms with Crippen LogP contribution in [-0.4, -0.2) is 29.5 Å². The molecule has 0 N–H and O–H groups in total. The summed E-state index contributed by atoms with van der Waals surface area (Å²) in [5, 5.41) is 0. The van der Waals surface area contributed by atoms with E-state index in [1.54, 1.807) is 16.7 Å². The number of thioether (sulfide) groups is 1. The van der Waals surface area contributed by atoms with Gasteiger partial charge in [-0.05, 0) is 0 Å². The summed E-state index contributed by atoms with van der Waals surface area (Å²) in [7, 11) is 1.82. The summed E-state index contributed by atoms with van der Waals surface area (Å²) >= 11 is 1.67. The smallest absolute Gasteiger partial charge is 0.233 e. The van der Waals surface area contributed by atoms with E-state index >= 15 is 0 Å². The third-order valence-electron chi connectivity index (χ3n) is 0.936. The van der Waals surface area contributed by atoms with Gasteiger partial charge in [-0.3, -0.25) is 4.79 Å². The van der Waals surface area contributed by atoms with E-state index in [4.69, 9.17) is 0 Å². The average Bonchev–Trinajstić information content (AvgIpc) is 2.23. The molecule has 0 radical (unpaired) electrons. The summed E-state index contributed by atoms with van der Waals surface area (Å²) in [6, 6.07) is 0. The van der Waals surface area contributed by atoms with Crippen LogP contribution in [0.5, 0.6) is 0 Å². The van der Waals surface area contributed by atoms with Crippen molar-refractivity contribution in [1.82, 2.24) is 4.90 Å². The maximum absolute atomic E-state index is 10.5. The van der Waals surface area contributed by atoms with E-state index in [1.165, 1.54) is 0 Å². The van der Waals surface area contributed by atoms with Gasteiger partial charge in [-0.15, -0.1) is 11.8 Å². The Morgan fingerprint density at radius 1 is 1.56 bits per heavy atom. The fraction of sp³-hybridized carbons (Fsp3) is 0.833. The highest BCUT2D eigenvalue weighted by molar-refractivity contribution is 8.00. The van der Waals surface area contributed by atoms with Gasteiger partial charge in [-0.2, -0.15) is 0 Å². The van der Waals surface area contributed by atoms with Crippen molar-refractivity contribution in [3.63, 3.8) is 0 Å². The van der Waals surface area contributed by atoms with Gasteiger partial charge in [0, 0.05) is 7.05 Å².